The molecule has 1 fully saturated rings. The number of hydrogen-bond donors (Lipinski definition) is 0. The number of aromatic nitrogens is 2. The van der Waals surface area contributed by atoms with Crippen LogP contribution in [0.1, 0.15) is 35.5 Å². The van der Waals surface area contributed by atoms with Crippen molar-refractivity contribution < 1.29 is 17.7 Å². The van der Waals surface area contributed by atoms with E-state index in [1.807, 2.05) is 45.0 Å². The van der Waals surface area contributed by atoms with E-state index < -0.39 is 10.2 Å². The Labute approximate surface area is 194 Å². The van der Waals surface area contributed by atoms with Crippen LogP contribution in [-0.4, -0.2) is 77.2 Å². The highest BCUT2D eigenvalue weighted by atomic mass is 32.2. The predicted molar refractivity (Wildman–Crippen MR) is 126 cm³/mol. The van der Waals surface area contributed by atoms with Gasteiger partial charge in [0.05, 0.1) is 22.3 Å². The molecule has 0 atom stereocenters. The molecule has 0 N–H and O–H groups in total. The zero-order chi connectivity index (χ0) is 23.8. The molecular formula is C23H29N5O4S. The maximum atomic E-state index is 13.6. The number of carbonyl (C=O) groups excluding carboxylic acids is 1. The topological polar surface area (TPSA) is 99.9 Å². The molecular weight excluding hydrogens is 442 g/mol. The van der Waals surface area contributed by atoms with Crippen LogP contribution in [0.15, 0.2) is 34.9 Å². The van der Waals surface area contributed by atoms with Crippen LogP contribution in [0.5, 0.6) is 0 Å². The van der Waals surface area contributed by atoms with E-state index >= 15 is 0 Å². The van der Waals surface area contributed by atoms with Gasteiger partial charge in [0.1, 0.15) is 0 Å². The van der Waals surface area contributed by atoms with E-state index in [0.717, 1.165) is 11.1 Å². The van der Waals surface area contributed by atoms with Gasteiger partial charge in [-0.3, -0.25) is 4.79 Å². The van der Waals surface area contributed by atoms with E-state index in [9.17, 15) is 13.2 Å². The van der Waals surface area contributed by atoms with Gasteiger partial charge in [0.2, 0.25) is 0 Å². The first kappa shape index (κ1) is 23.3. The van der Waals surface area contributed by atoms with Crippen molar-refractivity contribution in [3.8, 4) is 11.3 Å². The molecule has 0 radical (unpaired) electrons. The lowest BCUT2D eigenvalue weighted by atomic mass is 10.0. The molecule has 0 aliphatic carbocycles. The number of aryl methyl sites for hydroxylation is 2. The van der Waals surface area contributed by atoms with Crippen LogP contribution in [0.4, 0.5) is 0 Å². The lowest BCUT2D eigenvalue weighted by Gasteiger charge is -2.36. The summed E-state index contributed by atoms with van der Waals surface area (Å²) in [5, 5.41) is 4.61. The fourth-order valence-corrected chi connectivity index (χ4v) is 5.74. The maximum absolute atomic E-state index is 13.6. The molecule has 2 aromatic heterocycles. The van der Waals surface area contributed by atoms with Gasteiger partial charge >= 0.3 is 0 Å². The molecule has 33 heavy (non-hydrogen) atoms. The Kier molecular flexibility index (Phi) is 6.51. The van der Waals surface area contributed by atoms with Crippen molar-refractivity contribution in [2.45, 2.75) is 27.7 Å². The van der Waals surface area contributed by atoms with Gasteiger partial charge < -0.3 is 9.42 Å². The van der Waals surface area contributed by atoms with E-state index in [1.165, 1.54) is 8.61 Å². The van der Waals surface area contributed by atoms with Crippen LogP contribution in [-0.2, 0) is 10.2 Å². The van der Waals surface area contributed by atoms with Crippen molar-refractivity contribution in [2.24, 2.45) is 0 Å². The van der Waals surface area contributed by atoms with Gasteiger partial charge in [-0.15, -0.1) is 0 Å². The van der Waals surface area contributed by atoms with Crippen LogP contribution in [0, 0.1) is 13.8 Å². The number of rotatable bonds is 6. The van der Waals surface area contributed by atoms with Crippen molar-refractivity contribution in [1.82, 2.24) is 23.7 Å². The minimum absolute atomic E-state index is 0.179. The molecule has 3 heterocycles. The number of carbonyl (C=O) groups is 1. The molecule has 0 saturated carbocycles. The van der Waals surface area contributed by atoms with Gasteiger partial charge in [-0.25, -0.2) is 4.98 Å². The molecule has 0 bridgehead atoms. The highest BCUT2D eigenvalue weighted by molar-refractivity contribution is 7.86. The van der Waals surface area contributed by atoms with Crippen LogP contribution in [0.3, 0.4) is 0 Å². The Morgan fingerprint density at radius 3 is 2.30 bits per heavy atom. The van der Waals surface area contributed by atoms with Crippen LogP contribution in [0.25, 0.3) is 22.4 Å². The molecule has 1 aromatic carbocycles. The number of amides is 1. The summed E-state index contributed by atoms with van der Waals surface area (Å²) in [6.45, 7) is 9.41. The third kappa shape index (κ3) is 4.38. The Morgan fingerprint density at radius 2 is 1.70 bits per heavy atom. The second kappa shape index (κ2) is 9.20. The normalized spacial score (nSPS) is 15.5. The quantitative estimate of drug-likeness (QED) is 0.548. The molecule has 1 amide bonds. The minimum Gasteiger partial charge on any atom is -0.336 e. The molecule has 0 unspecified atom stereocenters. The molecule has 1 aliphatic heterocycles. The van der Waals surface area contributed by atoms with Crippen molar-refractivity contribution >= 4 is 27.2 Å². The Bertz CT molecular complexity index is 1260. The summed E-state index contributed by atoms with van der Waals surface area (Å²) in [5.74, 6) is -0.179. The molecule has 1 aliphatic rings. The number of piperazine rings is 1. The zero-order valence-electron chi connectivity index (χ0n) is 19.4. The number of nitrogens with zero attached hydrogens (tertiary/aromatic N) is 5. The molecule has 176 valence electrons. The highest BCUT2D eigenvalue weighted by Gasteiger charge is 2.33. The van der Waals surface area contributed by atoms with Crippen molar-refractivity contribution in [3.63, 3.8) is 0 Å². The smallest absolute Gasteiger partial charge is 0.282 e. The summed E-state index contributed by atoms with van der Waals surface area (Å²) in [6.07, 6.45) is 0. The number of benzene rings is 1. The molecule has 1 saturated heterocycles. The van der Waals surface area contributed by atoms with Gasteiger partial charge in [0.25, 0.3) is 21.8 Å². The number of fused-ring (bicyclic) bond motifs is 1. The first-order valence-corrected chi connectivity index (χ1v) is 12.5. The lowest BCUT2D eigenvalue weighted by molar-refractivity contribution is 0.0696. The fourth-order valence-electron chi connectivity index (χ4n) is 4.14. The molecule has 4 rings (SSSR count). The Morgan fingerprint density at radius 1 is 1.06 bits per heavy atom. The van der Waals surface area contributed by atoms with E-state index in [1.54, 1.807) is 17.9 Å². The fraction of sp³-hybridized carbons (Fsp3) is 0.435. The molecule has 10 heteroatoms. The first-order chi connectivity index (χ1) is 15.8. The van der Waals surface area contributed by atoms with E-state index in [2.05, 4.69) is 10.1 Å². The molecule has 9 nitrogen and oxygen atoms in total. The van der Waals surface area contributed by atoms with Crippen LogP contribution < -0.4 is 0 Å². The van der Waals surface area contributed by atoms with Gasteiger partial charge in [-0.2, -0.15) is 17.0 Å². The summed E-state index contributed by atoms with van der Waals surface area (Å²) in [7, 11) is -3.52. The third-order valence-electron chi connectivity index (χ3n) is 6.08. The Hall–Kier alpha value is -2.82. The van der Waals surface area contributed by atoms with Gasteiger partial charge in [-0.1, -0.05) is 48.8 Å². The van der Waals surface area contributed by atoms with E-state index in [4.69, 9.17) is 4.52 Å². The van der Waals surface area contributed by atoms with Crippen molar-refractivity contribution in [1.29, 1.82) is 0 Å². The van der Waals surface area contributed by atoms with Gasteiger partial charge in [-0.05, 0) is 19.9 Å². The number of hydrogen-bond acceptors (Lipinski definition) is 6. The Balaban J connectivity index is 1.62. The van der Waals surface area contributed by atoms with Gasteiger partial charge in [0, 0.05) is 44.8 Å². The summed E-state index contributed by atoms with van der Waals surface area (Å²) in [4.78, 5) is 19.8. The van der Waals surface area contributed by atoms with Crippen molar-refractivity contribution in [3.05, 3.63) is 47.2 Å². The number of pyridine rings is 1. The second-order valence-corrected chi connectivity index (χ2v) is 10.1. The molecule has 0 spiro atoms. The van der Waals surface area contributed by atoms with Gasteiger partial charge in [0.15, 0.2) is 0 Å². The third-order valence-corrected chi connectivity index (χ3v) is 8.27. The zero-order valence-corrected chi connectivity index (χ0v) is 20.2. The van der Waals surface area contributed by atoms with Crippen molar-refractivity contribution in [2.75, 3.05) is 39.3 Å². The monoisotopic (exact) mass is 471 g/mol. The minimum atomic E-state index is -3.52. The standard InChI is InChI=1S/C23H29N5O4S/c1-5-27(6-2)33(30,31)28-13-11-26(12-14-28)23(29)19-15-20(18-9-7-16(3)8-10-18)24-22-21(19)17(4)25-32-22/h7-10,15H,5-6,11-14H2,1-4H3. The van der Waals surface area contributed by atoms with Crippen LogP contribution in [0.2, 0.25) is 0 Å². The average Bonchev–Trinajstić information content (AvgIpc) is 3.20. The largest absolute Gasteiger partial charge is 0.336 e. The van der Waals surface area contributed by atoms with Crippen LogP contribution >= 0.6 is 0 Å². The lowest BCUT2D eigenvalue weighted by Crippen LogP contribution is -2.54. The second-order valence-electron chi connectivity index (χ2n) is 8.15. The van der Waals surface area contributed by atoms with E-state index in [-0.39, 0.29) is 19.0 Å². The average molecular weight is 472 g/mol. The summed E-state index contributed by atoms with van der Waals surface area (Å²) in [5.41, 5.74) is 4.01. The van der Waals surface area contributed by atoms with E-state index in [0.29, 0.717) is 54.2 Å². The molecule has 3 aromatic rings. The summed E-state index contributed by atoms with van der Waals surface area (Å²) in [6, 6.07) is 9.67. The summed E-state index contributed by atoms with van der Waals surface area (Å²) >= 11 is 0. The first-order valence-electron chi connectivity index (χ1n) is 11.1. The maximum Gasteiger partial charge on any atom is 0.282 e. The highest BCUT2D eigenvalue weighted by Crippen LogP contribution is 2.28. The predicted octanol–water partition coefficient (Wildman–Crippen LogP) is 2.85. The summed E-state index contributed by atoms with van der Waals surface area (Å²) < 4.78 is 33.9. The SMILES string of the molecule is CCN(CC)S(=O)(=O)N1CCN(C(=O)c2cc(-c3ccc(C)cc3)nc3onc(C)c23)CC1.